The van der Waals surface area contributed by atoms with Crippen molar-refractivity contribution >= 4 is 21.8 Å². The summed E-state index contributed by atoms with van der Waals surface area (Å²) in [6.45, 7) is 0.143. The first-order valence-electron chi connectivity index (χ1n) is 9.86. The summed E-state index contributed by atoms with van der Waals surface area (Å²) in [6.07, 6.45) is 2.60. The van der Waals surface area contributed by atoms with E-state index in [-0.39, 0.29) is 30.7 Å². The largest absolute Gasteiger partial charge is 0.350 e. The number of rotatable bonds is 4. The van der Waals surface area contributed by atoms with Crippen molar-refractivity contribution in [3.8, 4) is 0 Å². The number of carbonyl (C=O) groups is 2. The van der Waals surface area contributed by atoms with Crippen LogP contribution < -0.4 is 11.1 Å². The Bertz CT molecular complexity index is 899. The summed E-state index contributed by atoms with van der Waals surface area (Å²) in [7, 11) is -3.82. The number of sulfonamides is 1. The molecule has 1 aliphatic carbocycles. The number of nitrogens with two attached hydrogens (primary N) is 1. The molecule has 1 heterocycles. The van der Waals surface area contributed by atoms with Gasteiger partial charge in [0.05, 0.1) is 6.26 Å². The molecule has 2 fully saturated rings. The molecule has 1 atom stereocenters. The van der Waals surface area contributed by atoms with Gasteiger partial charge in [-0.3, -0.25) is 9.59 Å². The molecule has 0 radical (unpaired) electrons. The van der Waals surface area contributed by atoms with Crippen LogP contribution in [0.1, 0.15) is 42.5 Å². The topological polar surface area (TPSA) is 113 Å². The zero-order chi connectivity index (χ0) is 22.1. The summed E-state index contributed by atoms with van der Waals surface area (Å²) >= 11 is 0. The van der Waals surface area contributed by atoms with Gasteiger partial charge in [-0.05, 0) is 44.2 Å². The maximum Gasteiger partial charge on any atom is 0.259 e. The number of hydrogen-bond acceptors (Lipinski definition) is 5. The Morgan fingerprint density at radius 1 is 1.07 bits per heavy atom. The molecule has 0 bridgehead atoms. The summed E-state index contributed by atoms with van der Waals surface area (Å²) in [5.41, 5.74) is 5.60. The van der Waals surface area contributed by atoms with E-state index in [1.165, 1.54) is 0 Å². The van der Waals surface area contributed by atoms with Crippen LogP contribution >= 0.6 is 0 Å². The van der Waals surface area contributed by atoms with Crippen molar-refractivity contribution in [2.75, 3.05) is 19.3 Å². The van der Waals surface area contributed by atoms with E-state index in [4.69, 9.17) is 5.73 Å². The minimum atomic E-state index is -3.82. The summed E-state index contributed by atoms with van der Waals surface area (Å²) in [5.74, 6) is -3.32. The number of nitrogens with zero attached hydrogens (tertiary/aromatic N) is 2. The molecule has 1 aromatic carbocycles. The lowest BCUT2D eigenvalue weighted by atomic mass is 9.92. The van der Waals surface area contributed by atoms with Gasteiger partial charge in [-0.1, -0.05) is 0 Å². The predicted molar refractivity (Wildman–Crippen MR) is 106 cm³/mol. The quantitative estimate of drug-likeness (QED) is 0.713. The van der Waals surface area contributed by atoms with Gasteiger partial charge in [0, 0.05) is 36.8 Å². The van der Waals surface area contributed by atoms with Crippen LogP contribution in [-0.4, -0.2) is 67.0 Å². The third kappa shape index (κ3) is 5.13. The van der Waals surface area contributed by atoms with Crippen molar-refractivity contribution in [2.24, 2.45) is 5.73 Å². The highest BCUT2D eigenvalue weighted by Crippen LogP contribution is 2.23. The van der Waals surface area contributed by atoms with Crippen molar-refractivity contribution in [3.05, 3.63) is 35.4 Å². The van der Waals surface area contributed by atoms with Crippen molar-refractivity contribution in [1.82, 2.24) is 14.5 Å². The molecular formula is C19H26F2N4O4S. The maximum atomic E-state index is 13.6. The summed E-state index contributed by atoms with van der Waals surface area (Å²) in [4.78, 5) is 27.2. The Labute approximate surface area is 174 Å². The Balaban J connectivity index is 1.89. The van der Waals surface area contributed by atoms with Gasteiger partial charge < -0.3 is 16.0 Å². The van der Waals surface area contributed by atoms with Crippen LogP contribution in [0, 0.1) is 11.6 Å². The van der Waals surface area contributed by atoms with E-state index in [1.807, 2.05) is 0 Å². The fourth-order valence-electron chi connectivity index (χ4n) is 4.01. The monoisotopic (exact) mass is 444 g/mol. The van der Waals surface area contributed by atoms with Crippen LogP contribution in [-0.2, 0) is 14.8 Å². The molecule has 3 rings (SSSR count). The fourth-order valence-corrected chi connectivity index (χ4v) is 5.04. The van der Waals surface area contributed by atoms with E-state index in [1.54, 1.807) is 0 Å². The molecule has 1 saturated carbocycles. The summed E-state index contributed by atoms with van der Waals surface area (Å²) in [6, 6.07) is 2.25. The second-order valence-corrected chi connectivity index (χ2v) is 9.81. The van der Waals surface area contributed by atoms with Crippen molar-refractivity contribution in [1.29, 1.82) is 0 Å². The maximum absolute atomic E-state index is 13.6. The van der Waals surface area contributed by atoms with E-state index in [2.05, 4.69) is 5.32 Å². The van der Waals surface area contributed by atoms with Crippen molar-refractivity contribution in [3.63, 3.8) is 0 Å². The van der Waals surface area contributed by atoms with E-state index >= 15 is 0 Å². The number of carbonyl (C=O) groups excluding carboxylic acids is 2. The summed E-state index contributed by atoms with van der Waals surface area (Å²) in [5, 5.41) is 2.83. The molecule has 1 aromatic rings. The average molecular weight is 445 g/mol. The first-order valence-corrected chi connectivity index (χ1v) is 11.7. The van der Waals surface area contributed by atoms with Gasteiger partial charge in [0.25, 0.3) is 11.8 Å². The van der Waals surface area contributed by atoms with Crippen LogP contribution in [0.25, 0.3) is 0 Å². The molecule has 2 amide bonds. The fraction of sp³-hybridized carbons (Fsp3) is 0.579. The van der Waals surface area contributed by atoms with Gasteiger partial charge in [0.2, 0.25) is 10.0 Å². The van der Waals surface area contributed by atoms with Crippen LogP contribution in [0.3, 0.4) is 0 Å². The third-order valence-electron chi connectivity index (χ3n) is 5.49. The number of hydrogen-bond donors (Lipinski definition) is 2. The Hall–Kier alpha value is -2.11. The average Bonchev–Trinajstić information content (AvgIpc) is 2.67. The Morgan fingerprint density at radius 3 is 2.23 bits per heavy atom. The predicted octanol–water partition coefficient (Wildman–Crippen LogP) is 0.785. The Kier molecular flexibility index (Phi) is 6.73. The van der Waals surface area contributed by atoms with Gasteiger partial charge in [-0.25, -0.2) is 17.2 Å². The number of halogens is 2. The number of benzene rings is 1. The molecule has 2 aliphatic rings. The van der Waals surface area contributed by atoms with Crippen LogP contribution in [0.5, 0.6) is 0 Å². The van der Waals surface area contributed by atoms with Gasteiger partial charge in [-0.2, -0.15) is 4.31 Å². The van der Waals surface area contributed by atoms with Gasteiger partial charge in [0.15, 0.2) is 6.17 Å². The zero-order valence-corrected chi connectivity index (χ0v) is 17.5. The van der Waals surface area contributed by atoms with Crippen molar-refractivity contribution < 1.29 is 26.8 Å². The van der Waals surface area contributed by atoms with E-state index in [0.717, 1.165) is 40.4 Å². The molecule has 0 aromatic heterocycles. The lowest BCUT2D eigenvalue weighted by Gasteiger charge is -2.42. The molecule has 8 nitrogen and oxygen atoms in total. The van der Waals surface area contributed by atoms with Gasteiger partial charge in [-0.15, -0.1) is 0 Å². The van der Waals surface area contributed by atoms with Crippen LogP contribution in [0.2, 0.25) is 0 Å². The molecule has 1 unspecified atom stereocenters. The molecule has 166 valence electrons. The second kappa shape index (κ2) is 8.94. The Morgan fingerprint density at radius 2 is 1.67 bits per heavy atom. The van der Waals surface area contributed by atoms with E-state index in [0.29, 0.717) is 25.3 Å². The highest BCUT2D eigenvalue weighted by atomic mass is 32.2. The SMILES string of the molecule is CS(=O)(=O)N1CCCN(C(=O)c2cc(F)cc(F)c2)C1C(=O)NC1CCC(N)CC1. The molecule has 3 N–H and O–H groups in total. The minimum Gasteiger partial charge on any atom is -0.350 e. The highest BCUT2D eigenvalue weighted by molar-refractivity contribution is 7.88. The van der Waals surface area contributed by atoms with Gasteiger partial charge in [0.1, 0.15) is 11.6 Å². The molecular weight excluding hydrogens is 418 g/mol. The van der Waals surface area contributed by atoms with Crippen LogP contribution in [0.15, 0.2) is 18.2 Å². The molecule has 1 aliphatic heterocycles. The lowest BCUT2D eigenvalue weighted by Crippen LogP contribution is -2.64. The molecule has 11 heteroatoms. The second-order valence-electron chi connectivity index (χ2n) is 7.88. The highest BCUT2D eigenvalue weighted by Gasteiger charge is 2.43. The van der Waals surface area contributed by atoms with Crippen LogP contribution in [0.4, 0.5) is 8.78 Å². The minimum absolute atomic E-state index is 0.0632. The third-order valence-corrected chi connectivity index (χ3v) is 6.73. The first-order chi connectivity index (χ1) is 14.1. The first kappa shape index (κ1) is 22.6. The van der Waals surface area contributed by atoms with Crippen molar-refractivity contribution in [2.45, 2.75) is 50.4 Å². The van der Waals surface area contributed by atoms with Gasteiger partial charge >= 0.3 is 0 Å². The lowest BCUT2D eigenvalue weighted by molar-refractivity contribution is -0.131. The normalized spacial score (nSPS) is 25.7. The zero-order valence-electron chi connectivity index (χ0n) is 16.7. The molecule has 30 heavy (non-hydrogen) atoms. The summed E-state index contributed by atoms with van der Waals surface area (Å²) < 4.78 is 52.8. The standard InChI is InChI=1S/C19H26F2N4O4S/c1-30(28,29)25-8-2-7-24(19(27)12-9-13(20)11-14(21)10-12)18(25)17(26)23-16-5-3-15(22)4-6-16/h9-11,15-16,18H,2-8,22H2,1H3,(H,23,26). The van der Waals surface area contributed by atoms with E-state index < -0.39 is 39.6 Å². The number of amides is 2. The smallest absolute Gasteiger partial charge is 0.259 e. The number of nitrogens with one attached hydrogen (secondary N) is 1. The molecule has 0 spiro atoms. The molecule has 1 saturated heterocycles. The van der Waals surface area contributed by atoms with E-state index in [9.17, 15) is 26.8 Å².